The maximum atomic E-state index is 12.5. The number of hydrogen-bond acceptors (Lipinski definition) is 6. The van der Waals surface area contributed by atoms with Crippen LogP contribution >= 0.6 is 0 Å². The van der Waals surface area contributed by atoms with E-state index < -0.39 is 17.9 Å². The Balaban J connectivity index is 0.000000714. The van der Waals surface area contributed by atoms with Crippen molar-refractivity contribution in [2.45, 2.75) is 27.2 Å². The Bertz CT molecular complexity index is 1360. The number of nitrogens with one attached hydrogen (secondary N) is 3. The van der Waals surface area contributed by atoms with Crippen LogP contribution in [0, 0.1) is 19.3 Å². The third kappa shape index (κ3) is 12.9. The van der Waals surface area contributed by atoms with E-state index in [1.165, 1.54) is 18.6 Å². The molecule has 1 unspecified atom stereocenters. The predicted molar refractivity (Wildman–Crippen MR) is 158 cm³/mol. The van der Waals surface area contributed by atoms with E-state index in [4.69, 9.17) is 5.73 Å². The molecule has 3 rings (SSSR count). The molecule has 0 aliphatic heterocycles. The van der Waals surface area contributed by atoms with Gasteiger partial charge in [0.05, 0.1) is 5.69 Å². The van der Waals surface area contributed by atoms with E-state index >= 15 is 0 Å². The number of benzene rings is 3. The van der Waals surface area contributed by atoms with Gasteiger partial charge in [-0.15, -0.1) is 17.2 Å². The van der Waals surface area contributed by atoms with Gasteiger partial charge in [-0.1, -0.05) is 44.4 Å². The molecule has 41 heavy (non-hydrogen) atoms. The molecule has 0 fully saturated rings. The van der Waals surface area contributed by atoms with Crippen molar-refractivity contribution < 1.29 is 36.3 Å². The summed E-state index contributed by atoms with van der Waals surface area (Å²) in [5.74, 6) is -1.75. The van der Waals surface area contributed by atoms with Crippen molar-refractivity contribution >= 4 is 40.6 Å². The molecule has 0 heterocycles. The van der Waals surface area contributed by atoms with Crippen LogP contribution < -0.4 is 21.7 Å². The van der Waals surface area contributed by atoms with Gasteiger partial charge < -0.3 is 33.7 Å². The van der Waals surface area contributed by atoms with Gasteiger partial charge in [0.2, 0.25) is 0 Å². The second-order valence-electron chi connectivity index (χ2n) is 8.62. The summed E-state index contributed by atoms with van der Waals surface area (Å²) in [4.78, 5) is 35.3. The summed E-state index contributed by atoms with van der Waals surface area (Å²) in [6.07, 6.45) is 3.32. The van der Waals surface area contributed by atoms with Crippen molar-refractivity contribution in [1.82, 2.24) is 0 Å². The fraction of sp³-hybridized carbons (Fsp3) is 0.167. The van der Waals surface area contributed by atoms with E-state index in [-0.39, 0.29) is 34.1 Å². The zero-order valence-electron chi connectivity index (χ0n) is 23.1. The number of primary amides is 1. The summed E-state index contributed by atoms with van der Waals surface area (Å²) < 4.78 is 0. The van der Waals surface area contributed by atoms with Gasteiger partial charge in [-0.25, -0.2) is 4.79 Å². The number of anilines is 3. The average molecular weight is 602 g/mol. The number of nitrogens with two attached hydrogens (primary N) is 1. The SMILES string of the molecule is CC[CH-]c1ccccc1.[CH2-]C(C)C(=O)Nc1cccc(N=NC(C(=O)Nc2cccc(NC(N)=O)c2)=C(C)O)c1.[Co+2]. The van der Waals surface area contributed by atoms with E-state index in [1.807, 2.05) is 6.07 Å². The smallest absolute Gasteiger partial charge is 0.510 e. The number of aliphatic hydroxyl groups is 1. The van der Waals surface area contributed by atoms with Crippen molar-refractivity contribution in [3.05, 3.63) is 109 Å². The second kappa shape index (κ2) is 17.9. The Morgan fingerprint density at radius 1 is 0.927 bits per heavy atom. The fourth-order valence-electron chi connectivity index (χ4n) is 3.13. The molecule has 217 valence electrons. The maximum Gasteiger partial charge on any atom is 2.00 e. The minimum Gasteiger partial charge on any atom is -0.510 e. The third-order valence-electron chi connectivity index (χ3n) is 5.01. The van der Waals surface area contributed by atoms with E-state index in [2.05, 4.69) is 70.7 Å². The standard InChI is InChI=1S/C21H23N6O4.C9H11.Co/c1-12(2)19(29)23-15-7-5-9-17(11-15)26-27-18(13(3)28)20(30)24-14-6-4-8-16(10-14)25-21(22)31;1-2-6-9-7-4-3-5-8-9;/h4-12,28H,1H2,2-3H3,(H,23,29)(H,24,30)(H3,22,25,31);3-8H,2H2,1H3;/q2*-1;+2. The molecule has 11 heteroatoms. The molecule has 0 saturated heterocycles. The van der Waals surface area contributed by atoms with Gasteiger partial charge >= 0.3 is 22.8 Å². The first-order valence-corrected chi connectivity index (χ1v) is 12.5. The Hall–Kier alpha value is -4.61. The first-order valence-electron chi connectivity index (χ1n) is 12.5. The molecule has 3 aromatic rings. The molecule has 1 atom stereocenters. The molecule has 0 bridgehead atoms. The summed E-state index contributed by atoms with van der Waals surface area (Å²) in [6, 6.07) is 22.4. The van der Waals surface area contributed by atoms with Crippen molar-refractivity contribution in [1.29, 1.82) is 0 Å². The van der Waals surface area contributed by atoms with E-state index in [0.717, 1.165) is 6.42 Å². The van der Waals surface area contributed by atoms with E-state index in [0.29, 0.717) is 22.7 Å². The maximum absolute atomic E-state index is 12.5. The number of amides is 4. The van der Waals surface area contributed by atoms with E-state index in [9.17, 15) is 19.5 Å². The van der Waals surface area contributed by atoms with Gasteiger partial charge in [0.25, 0.3) is 5.91 Å². The number of nitrogens with zero attached hydrogens (tertiary/aromatic N) is 2. The molecule has 4 amide bonds. The zero-order valence-corrected chi connectivity index (χ0v) is 24.1. The summed E-state index contributed by atoms with van der Waals surface area (Å²) in [7, 11) is 0. The minimum atomic E-state index is -0.743. The molecule has 3 aromatic carbocycles. The Kier molecular flexibility index (Phi) is 15.0. The largest absolute Gasteiger partial charge is 2.00 e. The number of urea groups is 1. The Labute approximate surface area is 250 Å². The number of aliphatic hydroxyl groups excluding tert-OH is 1. The van der Waals surface area contributed by atoms with Gasteiger partial charge in [-0.2, -0.15) is 29.2 Å². The van der Waals surface area contributed by atoms with Crippen LogP contribution in [0.4, 0.5) is 27.5 Å². The number of allylic oxidation sites excluding steroid dienone is 1. The van der Waals surface area contributed by atoms with Crippen LogP contribution in [0.1, 0.15) is 32.8 Å². The molecule has 0 spiro atoms. The fourth-order valence-corrected chi connectivity index (χ4v) is 3.13. The molecule has 0 aliphatic rings. The average Bonchev–Trinajstić information content (AvgIpc) is 2.90. The van der Waals surface area contributed by atoms with Gasteiger partial charge in [-0.3, -0.25) is 9.59 Å². The van der Waals surface area contributed by atoms with Crippen molar-refractivity contribution in [3.8, 4) is 0 Å². The molecule has 0 saturated carbocycles. The zero-order chi connectivity index (χ0) is 29.5. The number of rotatable bonds is 9. The van der Waals surface area contributed by atoms with Gasteiger partial charge in [0.15, 0.2) is 11.6 Å². The second-order valence-corrected chi connectivity index (χ2v) is 8.62. The molecular formula is C30H34CoN6O4. The number of hydrogen-bond donors (Lipinski definition) is 5. The topological polar surface area (TPSA) is 158 Å². The first kappa shape index (κ1) is 34.4. The van der Waals surface area contributed by atoms with Crippen LogP contribution in [0.5, 0.6) is 0 Å². The monoisotopic (exact) mass is 601 g/mol. The van der Waals surface area contributed by atoms with Crippen LogP contribution in [0.3, 0.4) is 0 Å². The molecule has 0 aliphatic carbocycles. The Morgan fingerprint density at radius 3 is 2.07 bits per heavy atom. The van der Waals surface area contributed by atoms with Crippen molar-refractivity contribution in [2.24, 2.45) is 21.9 Å². The van der Waals surface area contributed by atoms with Gasteiger partial charge in [-0.05, 0) is 43.3 Å². The van der Waals surface area contributed by atoms with Crippen LogP contribution in [-0.4, -0.2) is 23.0 Å². The summed E-state index contributed by atoms with van der Waals surface area (Å²) in [5, 5.41) is 25.3. The molecule has 6 N–H and O–H groups in total. The van der Waals surface area contributed by atoms with Gasteiger partial charge in [0.1, 0.15) is 5.76 Å². The molecule has 1 radical (unpaired) electrons. The summed E-state index contributed by atoms with van der Waals surface area (Å²) in [6.45, 7) is 8.76. The van der Waals surface area contributed by atoms with Crippen LogP contribution in [-0.2, 0) is 26.4 Å². The van der Waals surface area contributed by atoms with Crippen molar-refractivity contribution in [2.75, 3.05) is 16.0 Å². The number of carbonyl (C=O) groups excluding carboxylic acids is 3. The molecule has 0 aromatic heterocycles. The quantitative estimate of drug-likeness (QED) is 0.0796. The van der Waals surface area contributed by atoms with Crippen LogP contribution in [0.25, 0.3) is 0 Å². The minimum absolute atomic E-state index is 0. The van der Waals surface area contributed by atoms with Crippen LogP contribution in [0.2, 0.25) is 0 Å². The number of carbonyl (C=O) groups is 3. The van der Waals surface area contributed by atoms with Crippen LogP contribution in [0.15, 0.2) is 101 Å². The molecular weight excluding hydrogens is 567 g/mol. The first-order chi connectivity index (χ1) is 19.1. The number of azo groups is 1. The predicted octanol–water partition coefficient (Wildman–Crippen LogP) is 6.74. The summed E-state index contributed by atoms with van der Waals surface area (Å²) in [5.41, 5.74) is 7.66. The third-order valence-corrected chi connectivity index (χ3v) is 5.01. The van der Waals surface area contributed by atoms with Gasteiger partial charge in [0, 0.05) is 17.1 Å². The van der Waals surface area contributed by atoms with E-state index in [1.54, 1.807) is 49.4 Å². The molecule has 10 nitrogen and oxygen atoms in total. The normalized spacial score (nSPS) is 11.5. The Morgan fingerprint density at radius 2 is 1.51 bits per heavy atom. The summed E-state index contributed by atoms with van der Waals surface area (Å²) >= 11 is 0. The van der Waals surface area contributed by atoms with Crippen molar-refractivity contribution in [3.63, 3.8) is 0 Å².